The average Bonchev–Trinajstić information content (AvgIpc) is 3.23. The Morgan fingerprint density at radius 3 is 2.17 bits per heavy atom. The molecule has 0 saturated carbocycles. The smallest absolute Gasteiger partial charge is 0.337 e. The second-order valence-corrected chi connectivity index (χ2v) is 9.84. The van der Waals surface area contributed by atoms with Gasteiger partial charge in [-0.2, -0.15) is 4.57 Å². The molecule has 0 radical (unpaired) electrons. The first-order chi connectivity index (χ1) is 19.4. The topological polar surface area (TPSA) is 162 Å². The number of carbonyl (C=O) groups is 4. The van der Waals surface area contributed by atoms with E-state index in [-0.39, 0.29) is 31.2 Å². The van der Waals surface area contributed by atoms with Gasteiger partial charge in [0, 0.05) is 25.0 Å². The first-order valence-corrected chi connectivity index (χ1v) is 13.5. The molecule has 1 N–H and O–H groups in total. The maximum Gasteiger partial charge on any atom is 0.337 e. The number of carboxylic acid groups (broad SMARTS) is 1. The van der Waals surface area contributed by atoms with E-state index in [0.29, 0.717) is 21.4 Å². The second kappa shape index (κ2) is 11.8. The fourth-order valence-electron chi connectivity index (χ4n) is 4.82. The number of hydroxylamine groups is 2. The van der Waals surface area contributed by atoms with Crippen molar-refractivity contribution in [1.29, 1.82) is 0 Å². The molecule has 5 rings (SSSR count). The van der Waals surface area contributed by atoms with E-state index in [4.69, 9.17) is 17.8 Å². The van der Waals surface area contributed by atoms with Gasteiger partial charge < -0.3 is 14.5 Å². The number of aromatic carboxylic acids is 1. The summed E-state index contributed by atoms with van der Waals surface area (Å²) in [6.45, 7) is 0. The van der Waals surface area contributed by atoms with Gasteiger partial charge in [0.1, 0.15) is 7.05 Å². The predicted molar refractivity (Wildman–Crippen MR) is 141 cm³/mol. The standard InChI is InChI=1S/C28H22N2O6.FHO3S/c1-29-20-10-6-5-9-19(20)26(28(34)35)27-21(29)13-11-18(25(27)17-7-3-2-4-8-17)12-16-24(33)36-30-22(31)14-15-23(30)32;1-5(2,3)4/h2-11,13H,12,14-16H2,1H3;(H,2,3,4). The number of halogens is 1. The van der Waals surface area contributed by atoms with Gasteiger partial charge in [0.05, 0.1) is 22.8 Å². The van der Waals surface area contributed by atoms with Crippen LogP contribution in [0, 0.1) is 0 Å². The molecule has 41 heavy (non-hydrogen) atoms. The second-order valence-electron chi connectivity index (χ2n) is 9.05. The molecule has 1 aliphatic rings. The average molecular weight is 583 g/mol. The normalized spacial score (nSPS) is 13.3. The summed E-state index contributed by atoms with van der Waals surface area (Å²) in [5.74, 6) is -2.82. The van der Waals surface area contributed by atoms with Gasteiger partial charge in [0.2, 0.25) is 11.0 Å². The lowest BCUT2D eigenvalue weighted by Crippen LogP contribution is -2.32. The van der Waals surface area contributed by atoms with Gasteiger partial charge in [-0.25, -0.2) is 18.0 Å². The number of benzene rings is 3. The first-order valence-electron chi connectivity index (χ1n) is 12.2. The minimum Gasteiger partial charge on any atom is -0.722 e. The van der Waals surface area contributed by atoms with Gasteiger partial charge in [-0.15, -0.1) is 8.95 Å². The van der Waals surface area contributed by atoms with Crippen LogP contribution in [-0.2, 0) is 43.2 Å². The Morgan fingerprint density at radius 2 is 1.56 bits per heavy atom. The number of carboxylic acids is 1. The molecule has 11 nitrogen and oxygen atoms in total. The highest BCUT2D eigenvalue weighted by Gasteiger charge is 2.33. The monoisotopic (exact) mass is 582 g/mol. The van der Waals surface area contributed by atoms with Crippen LogP contribution >= 0.6 is 0 Å². The van der Waals surface area contributed by atoms with Gasteiger partial charge >= 0.3 is 11.9 Å². The number of hydrogen-bond donors (Lipinski definition) is 1. The number of aryl methyl sites for hydroxylation is 2. The third-order valence-corrected chi connectivity index (χ3v) is 6.49. The van der Waals surface area contributed by atoms with Crippen molar-refractivity contribution in [3.05, 3.63) is 77.9 Å². The summed E-state index contributed by atoms with van der Waals surface area (Å²) in [6.07, 6.45) is 0.186. The molecule has 2 heterocycles. The SMILES string of the molecule is C[n+]1c2ccccc2c(C(=O)O)c2c(-c3ccccc3)c(CCC(=O)ON3C(=O)CCC3=O)ccc21.O=S(=O)([O-])F. The zero-order valence-electron chi connectivity index (χ0n) is 21.6. The molecular weight excluding hydrogens is 559 g/mol. The summed E-state index contributed by atoms with van der Waals surface area (Å²) in [7, 11) is -3.52. The third kappa shape index (κ3) is 6.53. The number of hydrogen-bond acceptors (Lipinski definition) is 8. The van der Waals surface area contributed by atoms with E-state index in [9.17, 15) is 28.2 Å². The number of fused-ring (bicyclic) bond motifs is 2. The Hall–Kier alpha value is -4.75. The van der Waals surface area contributed by atoms with Gasteiger partial charge in [0.15, 0.2) is 0 Å². The summed E-state index contributed by atoms with van der Waals surface area (Å²) in [5, 5.41) is 12.0. The Labute approximate surface area is 233 Å². The zero-order chi connectivity index (χ0) is 29.9. The lowest BCUT2D eigenvalue weighted by Gasteiger charge is -2.16. The molecule has 2 amide bonds. The van der Waals surface area contributed by atoms with Crippen molar-refractivity contribution in [3.63, 3.8) is 0 Å². The zero-order valence-corrected chi connectivity index (χ0v) is 22.4. The fourth-order valence-corrected chi connectivity index (χ4v) is 4.82. The molecule has 0 aliphatic carbocycles. The molecule has 0 bridgehead atoms. The van der Waals surface area contributed by atoms with E-state index in [1.54, 1.807) is 6.07 Å². The van der Waals surface area contributed by atoms with Gasteiger partial charge in [-0.3, -0.25) is 9.59 Å². The van der Waals surface area contributed by atoms with Crippen LogP contribution in [0.15, 0.2) is 66.7 Å². The lowest BCUT2D eigenvalue weighted by atomic mass is 9.89. The third-order valence-electron chi connectivity index (χ3n) is 6.49. The summed E-state index contributed by atoms with van der Waals surface area (Å²) in [4.78, 5) is 53.7. The quantitative estimate of drug-likeness (QED) is 0.118. The Bertz CT molecular complexity index is 1780. The van der Waals surface area contributed by atoms with Crippen LogP contribution in [0.2, 0.25) is 0 Å². The maximum absolute atomic E-state index is 12.6. The number of imide groups is 1. The van der Waals surface area contributed by atoms with Crippen molar-refractivity contribution in [2.24, 2.45) is 7.05 Å². The lowest BCUT2D eigenvalue weighted by molar-refractivity contribution is -0.617. The van der Waals surface area contributed by atoms with Crippen LogP contribution < -0.4 is 4.57 Å². The van der Waals surface area contributed by atoms with Crippen molar-refractivity contribution >= 4 is 56.1 Å². The van der Waals surface area contributed by atoms with Crippen LogP contribution in [0.1, 0.15) is 35.2 Å². The maximum atomic E-state index is 12.6. The van der Waals surface area contributed by atoms with Gasteiger partial charge in [-0.05, 0) is 29.2 Å². The molecule has 212 valence electrons. The van der Waals surface area contributed by atoms with Gasteiger partial charge in [-0.1, -0.05) is 48.5 Å². The van der Waals surface area contributed by atoms with Crippen LogP contribution in [0.5, 0.6) is 0 Å². The van der Waals surface area contributed by atoms with E-state index in [1.165, 1.54) is 0 Å². The van der Waals surface area contributed by atoms with Crippen molar-refractivity contribution in [1.82, 2.24) is 5.06 Å². The number of amides is 2. The molecule has 1 aliphatic heterocycles. The molecule has 4 aromatic rings. The molecule has 1 fully saturated rings. The van der Waals surface area contributed by atoms with Crippen molar-refractivity contribution in [2.75, 3.05) is 0 Å². The number of nitrogens with zero attached hydrogens (tertiary/aromatic N) is 2. The van der Waals surface area contributed by atoms with Crippen molar-refractivity contribution in [3.8, 4) is 11.1 Å². The summed E-state index contributed by atoms with van der Waals surface area (Å²) in [5.41, 5.74) is 4.00. The highest BCUT2D eigenvalue weighted by atomic mass is 32.3. The van der Waals surface area contributed by atoms with Crippen LogP contribution in [0.4, 0.5) is 3.89 Å². The molecular formula is C28H23FN2O9S. The molecule has 0 spiro atoms. The largest absolute Gasteiger partial charge is 0.722 e. The number of carbonyl (C=O) groups excluding carboxylic acids is 3. The first kappa shape index (κ1) is 29.2. The van der Waals surface area contributed by atoms with Crippen molar-refractivity contribution in [2.45, 2.75) is 25.7 Å². The summed E-state index contributed by atoms with van der Waals surface area (Å²) in [6, 6.07) is 20.5. The van der Waals surface area contributed by atoms with Crippen LogP contribution in [-0.4, -0.2) is 46.9 Å². The highest BCUT2D eigenvalue weighted by Crippen LogP contribution is 2.36. The molecule has 1 saturated heterocycles. The molecule has 13 heteroatoms. The van der Waals surface area contributed by atoms with Crippen molar-refractivity contribution < 1.29 is 50.5 Å². The van der Waals surface area contributed by atoms with Gasteiger partial charge in [0.25, 0.3) is 22.3 Å². The number of rotatable bonds is 6. The Balaban J connectivity index is 0.000000714. The predicted octanol–water partition coefficient (Wildman–Crippen LogP) is 3.14. The van der Waals surface area contributed by atoms with E-state index in [0.717, 1.165) is 22.2 Å². The minimum absolute atomic E-state index is 0.0257. The molecule has 1 aromatic heterocycles. The Kier molecular flexibility index (Phi) is 8.40. The number of para-hydroxylation sites is 1. The number of pyridine rings is 1. The Morgan fingerprint density at radius 1 is 0.976 bits per heavy atom. The van der Waals surface area contributed by atoms with E-state index in [2.05, 4.69) is 0 Å². The van der Waals surface area contributed by atoms with E-state index in [1.807, 2.05) is 72.3 Å². The minimum atomic E-state index is -5.42. The number of aromatic nitrogens is 1. The van der Waals surface area contributed by atoms with E-state index < -0.39 is 34.3 Å². The molecule has 0 unspecified atom stereocenters. The van der Waals surface area contributed by atoms with Crippen LogP contribution in [0.3, 0.4) is 0 Å². The van der Waals surface area contributed by atoms with E-state index >= 15 is 0 Å². The molecule has 3 aromatic carbocycles. The highest BCUT2D eigenvalue weighted by molar-refractivity contribution is 7.80. The summed E-state index contributed by atoms with van der Waals surface area (Å²) < 4.78 is 37.3. The van der Waals surface area contributed by atoms with Crippen LogP contribution in [0.25, 0.3) is 32.9 Å². The fraction of sp³-hybridized carbons (Fsp3) is 0.179. The summed E-state index contributed by atoms with van der Waals surface area (Å²) >= 11 is 0. The molecule has 0 atom stereocenters.